The Hall–Kier alpha value is 0.410. The molecule has 0 rings (SSSR count). The summed E-state index contributed by atoms with van der Waals surface area (Å²) in [6.45, 7) is 5.61. The summed E-state index contributed by atoms with van der Waals surface area (Å²) < 4.78 is 31.6. The average Bonchev–Trinajstić information content (AvgIpc) is 2.24. The van der Waals surface area contributed by atoms with E-state index in [9.17, 15) is 4.79 Å². The van der Waals surface area contributed by atoms with Crippen molar-refractivity contribution in [2.24, 2.45) is 0 Å². The minimum absolute atomic E-state index is 0. The first-order valence-corrected chi connectivity index (χ1v) is 8.21. The van der Waals surface area contributed by atoms with Gasteiger partial charge in [0.25, 0.3) is 0 Å². The maximum absolute atomic E-state index is 10.5. The first-order valence-electron chi connectivity index (χ1n) is 6.82. The van der Waals surface area contributed by atoms with Crippen LogP contribution in [-0.2, 0) is 15.2 Å². The number of hydrogen-bond acceptors (Lipinski definition) is 3. The largest absolute Gasteiger partial charge is 1.00 e. The predicted octanol–water partition coefficient (Wildman–Crippen LogP) is 0.662. The normalized spacial score (nSPS) is 10.2. The van der Waals surface area contributed by atoms with Crippen molar-refractivity contribution >= 4 is 16.2 Å². The zero-order valence-corrected chi connectivity index (χ0v) is 15.6. The Labute approximate surface area is 145 Å². The minimum atomic E-state index is -4.67. The van der Waals surface area contributed by atoms with E-state index in [4.69, 9.17) is 17.5 Å². The van der Waals surface area contributed by atoms with E-state index in [1.807, 2.05) is 0 Å². The predicted molar refractivity (Wildman–Crippen MR) is 76.4 cm³/mol. The molecular weight excluding hydrogens is 291 g/mol. The topological polar surface area (TPSA) is 91.7 Å². The van der Waals surface area contributed by atoms with Crippen LogP contribution in [0.2, 0.25) is 0 Å². The maximum atomic E-state index is 10.5. The fraction of sp³-hybridized carbons (Fsp3) is 0.846. The molecule has 2 N–H and O–H groups in total. The van der Waals surface area contributed by atoms with Gasteiger partial charge in [-0.05, 0) is 18.6 Å². The molecule has 0 aliphatic heterocycles. The van der Waals surface area contributed by atoms with Gasteiger partial charge in [-0.3, -0.25) is 9.11 Å². The average molecular weight is 318 g/mol. The van der Waals surface area contributed by atoms with Crippen LogP contribution in [0.15, 0.2) is 0 Å². The van der Waals surface area contributed by atoms with Crippen molar-refractivity contribution < 1.29 is 51.9 Å². The van der Waals surface area contributed by atoms with Gasteiger partial charge in [-0.15, -0.1) is 0 Å². The third-order valence-corrected chi connectivity index (χ3v) is 2.56. The fourth-order valence-corrected chi connectivity index (χ4v) is 1.63. The monoisotopic (exact) mass is 318 g/mol. The van der Waals surface area contributed by atoms with Gasteiger partial charge in [0.2, 0.25) is 0 Å². The third kappa shape index (κ3) is 42.9. The molecule has 5 nitrogen and oxygen atoms in total. The number of ketones is 1. The van der Waals surface area contributed by atoms with Crippen molar-refractivity contribution in [1.82, 2.24) is 0 Å². The molecule has 0 aromatic rings. The van der Waals surface area contributed by atoms with Gasteiger partial charge in [0.05, 0.1) is 0 Å². The molecule has 0 bridgehead atoms. The molecule has 0 fully saturated rings. The van der Waals surface area contributed by atoms with Gasteiger partial charge in [0.15, 0.2) is 0 Å². The Morgan fingerprint density at radius 3 is 1.50 bits per heavy atom. The zero-order valence-electron chi connectivity index (χ0n) is 12.8. The summed E-state index contributed by atoms with van der Waals surface area (Å²) in [7, 11) is -4.67. The van der Waals surface area contributed by atoms with Crippen molar-refractivity contribution in [3.63, 3.8) is 0 Å². The van der Waals surface area contributed by atoms with Crippen molar-refractivity contribution in [1.29, 1.82) is 0 Å². The zero-order chi connectivity index (χ0) is 15.1. The van der Waals surface area contributed by atoms with E-state index in [1.54, 1.807) is 0 Å². The molecule has 0 atom stereocenters. The number of Topliss-reactive ketones (excluding diaryl/α,β-unsaturated/α-hetero) is 1. The molecule has 0 unspecified atom stereocenters. The van der Waals surface area contributed by atoms with Crippen LogP contribution < -0.4 is 29.6 Å². The Kier molecular flexibility index (Phi) is 22.1. The van der Waals surface area contributed by atoms with Crippen LogP contribution in [0, 0.1) is 6.92 Å². The van der Waals surface area contributed by atoms with Crippen molar-refractivity contribution in [3.05, 3.63) is 6.92 Å². The van der Waals surface area contributed by atoms with E-state index in [0.717, 1.165) is 6.42 Å². The Morgan fingerprint density at radius 1 is 0.900 bits per heavy atom. The molecule has 0 heterocycles. The summed E-state index contributed by atoms with van der Waals surface area (Å²) in [5.74, 6) is 0.0907. The first-order chi connectivity index (χ1) is 8.77. The number of carbonyl (C=O) groups is 1. The van der Waals surface area contributed by atoms with Gasteiger partial charge in [0, 0.05) is 0 Å². The summed E-state index contributed by atoms with van der Waals surface area (Å²) in [6, 6.07) is 0. The van der Waals surface area contributed by atoms with Crippen LogP contribution >= 0.6 is 0 Å². The van der Waals surface area contributed by atoms with Crippen molar-refractivity contribution in [3.8, 4) is 0 Å². The molecule has 0 aromatic heterocycles. The van der Waals surface area contributed by atoms with E-state index < -0.39 is 10.4 Å². The molecule has 0 aliphatic rings. The van der Waals surface area contributed by atoms with Gasteiger partial charge in [-0.2, -0.15) is 8.42 Å². The third-order valence-electron chi connectivity index (χ3n) is 2.56. The number of unbranched alkanes of at least 4 members (excludes halogenated alkanes) is 8. The van der Waals surface area contributed by atoms with Crippen LogP contribution in [0.1, 0.15) is 71.1 Å². The number of rotatable bonds is 10. The number of carbonyl (C=O) groups excluding carboxylic acids is 1. The van der Waals surface area contributed by atoms with Gasteiger partial charge < -0.3 is 11.7 Å². The molecule has 0 saturated carbocycles. The quantitative estimate of drug-likeness (QED) is 0.267. The second-order valence-corrected chi connectivity index (χ2v) is 5.46. The molecule has 0 aromatic carbocycles. The Bertz CT molecular complexity index is 296. The second kappa shape index (κ2) is 17.5. The molecule has 0 amide bonds. The van der Waals surface area contributed by atoms with Crippen molar-refractivity contribution in [2.75, 3.05) is 0 Å². The van der Waals surface area contributed by atoms with E-state index in [-0.39, 0.29) is 35.3 Å². The second-order valence-electron chi connectivity index (χ2n) is 4.56. The van der Waals surface area contributed by atoms with Crippen LogP contribution in [0.25, 0.3) is 0 Å². The van der Waals surface area contributed by atoms with Crippen LogP contribution in [0.4, 0.5) is 0 Å². The van der Waals surface area contributed by atoms with E-state index in [0.29, 0.717) is 6.42 Å². The molecule has 7 heteroatoms. The standard InChI is InChI=1S/C13H25O.Na.H2O4S/c1-3-4-5-6-7-8-9-10-11-12-13(2)14;;1-5(2,3)4/h2-12H2,1H3;;(H2,1,2,3,4)/q-1;+1;. The summed E-state index contributed by atoms with van der Waals surface area (Å²) in [5.41, 5.74) is 0. The van der Waals surface area contributed by atoms with Crippen molar-refractivity contribution in [2.45, 2.75) is 71.1 Å². The molecule has 0 saturated heterocycles. The maximum Gasteiger partial charge on any atom is 1.00 e. The summed E-state index contributed by atoms with van der Waals surface area (Å²) in [6.07, 6.45) is 12.4. The van der Waals surface area contributed by atoms with Gasteiger partial charge >= 0.3 is 40.0 Å². The summed E-state index contributed by atoms with van der Waals surface area (Å²) >= 11 is 0. The van der Waals surface area contributed by atoms with Gasteiger partial charge in [-0.1, -0.05) is 58.3 Å². The van der Waals surface area contributed by atoms with E-state index in [2.05, 4.69) is 13.8 Å². The molecule has 0 spiro atoms. The minimum Gasteiger partial charge on any atom is -0.339 e. The molecule has 0 aliphatic carbocycles. The molecule has 0 radical (unpaired) electrons. The summed E-state index contributed by atoms with van der Waals surface area (Å²) in [4.78, 5) is 10.5. The molecule has 116 valence electrons. The first kappa shape index (κ1) is 25.4. The van der Waals surface area contributed by atoms with Gasteiger partial charge in [0.1, 0.15) is 0 Å². The Balaban J connectivity index is -0.000000414. The summed E-state index contributed by atoms with van der Waals surface area (Å²) in [5, 5.41) is 0. The van der Waals surface area contributed by atoms with E-state index >= 15 is 0 Å². The number of hydrogen-bond donors (Lipinski definition) is 2. The Morgan fingerprint density at radius 2 is 1.20 bits per heavy atom. The SMILES string of the molecule is O=S(=O)(O)O.[CH2-]C(=O)CCCCCCCCCCC.[Na+]. The van der Waals surface area contributed by atoms with Crippen LogP contribution in [0.5, 0.6) is 0 Å². The van der Waals surface area contributed by atoms with Crippen LogP contribution in [-0.4, -0.2) is 23.3 Å². The molecular formula is C13H27NaO5S. The van der Waals surface area contributed by atoms with Crippen LogP contribution in [0.3, 0.4) is 0 Å². The van der Waals surface area contributed by atoms with E-state index in [1.165, 1.54) is 51.4 Å². The smallest absolute Gasteiger partial charge is 0.339 e. The fourth-order valence-electron chi connectivity index (χ4n) is 1.63. The molecule has 20 heavy (non-hydrogen) atoms. The van der Waals surface area contributed by atoms with Gasteiger partial charge in [-0.25, -0.2) is 0 Å².